The summed E-state index contributed by atoms with van der Waals surface area (Å²) in [4.78, 5) is 29.6. The number of nitrogens with one attached hydrogen (secondary N) is 1. The Kier molecular flexibility index (Phi) is 6.46. The molecule has 0 fully saturated rings. The average molecular weight is 460 g/mol. The smallest absolute Gasteiger partial charge is 0.251 e. The molecule has 3 N–H and O–H groups in total. The summed E-state index contributed by atoms with van der Waals surface area (Å²) in [5, 5.41) is 4.36. The largest absolute Gasteiger partial charge is 0.369 e. The number of nitrogens with two attached hydrogens (primary N) is 1. The van der Waals surface area contributed by atoms with Crippen LogP contribution in [0.2, 0.25) is 5.02 Å². The van der Waals surface area contributed by atoms with E-state index in [2.05, 4.69) is 31.8 Å². The molecular weight excluding hydrogens is 438 g/mol. The molecule has 0 aliphatic rings. The highest BCUT2D eigenvalue weighted by Crippen LogP contribution is 2.20. The number of aromatic nitrogens is 4. The molecule has 9 heteroatoms. The molecule has 4 aromatic rings. The maximum absolute atomic E-state index is 12.6. The number of imidazole rings is 1. The van der Waals surface area contributed by atoms with Gasteiger partial charge in [-0.05, 0) is 42.8 Å². The van der Waals surface area contributed by atoms with Gasteiger partial charge in [0.25, 0.3) is 5.91 Å². The number of hydrogen-bond acceptors (Lipinski definition) is 6. The number of pyridine rings is 1. The second-order valence-electron chi connectivity index (χ2n) is 7.38. The first-order chi connectivity index (χ1) is 15.9. The van der Waals surface area contributed by atoms with Gasteiger partial charge in [-0.2, -0.15) is 0 Å². The van der Waals surface area contributed by atoms with Crippen LogP contribution < -0.4 is 11.1 Å². The van der Waals surface area contributed by atoms with Gasteiger partial charge in [-0.25, -0.2) is 9.97 Å². The van der Waals surface area contributed by atoms with E-state index < -0.39 is 0 Å². The molecule has 0 bridgehead atoms. The highest BCUT2D eigenvalue weighted by molar-refractivity contribution is 6.31. The molecule has 0 atom stereocenters. The lowest BCUT2D eigenvalue weighted by Gasteiger charge is -2.08. The van der Waals surface area contributed by atoms with Crippen LogP contribution >= 0.6 is 11.6 Å². The van der Waals surface area contributed by atoms with Crippen LogP contribution in [-0.4, -0.2) is 31.5 Å². The van der Waals surface area contributed by atoms with Crippen LogP contribution in [-0.2, 0) is 17.8 Å². The molecule has 1 aromatic carbocycles. The second-order valence-corrected chi connectivity index (χ2v) is 7.82. The minimum Gasteiger partial charge on any atom is -0.369 e. The van der Waals surface area contributed by atoms with Gasteiger partial charge in [0.2, 0.25) is 5.95 Å². The third-order valence-electron chi connectivity index (χ3n) is 4.96. The number of nitrogen functional groups attached to an aromatic ring is 1. The van der Waals surface area contributed by atoms with Crippen molar-refractivity contribution in [1.29, 1.82) is 0 Å². The van der Waals surface area contributed by atoms with Crippen LogP contribution in [0.4, 0.5) is 5.95 Å². The molecule has 0 aliphatic carbocycles. The quantitative estimate of drug-likeness (QED) is 0.247. The van der Waals surface area contributed by atoms with Gasteiger partial charge in [-0.1, -0.05) is 24.2 Å². The molecule has 0 radical (unpaired) electrons. The Balaban J connectivity index is 1.44. The summed E-state index contributed by atoms with van der Waals surface area (Å²) in [5.41, 5.74) is 10.1. The summed E-state index contributed by atoms with van der Waals surface area (Å²) in [6.07, 6.45) is 8.75. The van der Waals surface area contributed by atoms with Crippen molar-refractivity contribution in [3.63, 3.8) is 0 Å². The first-order valence-electron chi connectivity index (χ1n) is 10.2. The van der Waals surface area contributed by atoms with Gasteiger partial charge < -0.3 is 11.1 Å². The van der Waals surface area contributed by atoms with Gasteiger partial charge in [0.1, 0.15) is 6.33 Å². The number of nitrogens with zero attached hydrogens (tertiary/aromatic N) is 5. The second kappa shape index (κ2) is 9.62. The van der Waals surface area contributed by atoms with E-state index >= 15 is 0 Å². The Hall–Kier alpha value is -4.04. The van der Waals surface area contributed by atoms with Crippen LogP contribution in [0.3, 0.4) is 0 Å². The Morgan fingerprint density at radius 2 is 2.09 bits per heavy atom. The van der Waals surface area contributed by atoms with E-state index in [0.29, 0.717) is 34.4 Å². The lowest BCUT2D eigenvalue weighted by molar-refractivity contribution is -0.117. The van der Waals surface area contributed by atoms with E-state index in [-0.39, 0.29) is 12.5 Å². The molecule has 0 saturated carbocycles. The fourth-order valence-corrected chi connectivity index (χ4v) is 3.55. The number of hydrogen-bond donors (Lipinski definition) is 2. The number of aliphatic imine (C=N–C) groups is 1. The zero-order chi connectivity index (χ0) is 23.4. The summed E-state index contributed by atoms with van der Waals surface area (Å²) in [5.74, 6) is 0.0596. The third-order valence-corrected chi connectivity index (χ3v) is 5.17. The van der Waals surface area contributed by atoms with Gasteiger partial charge >= 0.3 is 0 Å². The first-order valence-corrected chi connectivity index (χ1v) is 10.6. The summed E-state index contributed by atoms with van der Waals surface area (Å²) in [6, 6.07) is 9.62. The summed E-state index contributed by atoms with van der Waals surface area (Å²) in [6.45, 7) is 5.98. The van der Waals surface area contributed by atoms with Crippen LogP contribution in [0.15, 0.2) is 78.0 Å². The zero-order valence-corrected chi connectivity index (χ0v) is 18.8. The molecule has 1 amide bonds. The number of allylic oxidation sites excluding steroid dienone is 1. The van der Waals surface area contributed by atoms with Gasteiger partial charge in [-0.3, -0.25) is 19.2 Å². The molecule has 0 spiro atoms. The van der Waals surface area contributed by atoms with Crippen LogP contribution in [0.5, 0.6) is 0 Å². The molecule has 0 unspecified atom stereocenters. The number of fused-ring (bicyclic) bond motifs is 2. The fourth-order valence-electron chi connectivity index (χ4n) is 3.38. The van der Waals surface area contributed by atoms with Crippen molar-refractivity contribution in [2.24, 2.45) is 4.99 Å². The topological polar surface area (TPSA) is 111 Å². The lowest BCUT2D eigenvalue weighted by atomic mass is 10.1. The van der Waals surface area contributed by atoms with Crippen molar-refractivity contribution >= 4 is 46.1 Å². The molecule has 3 aromatic heterocycles. The lowest BCUT2D eigenvalue weighted by Crippen LogP contribution is -2.24. The van der Waals surface area contributed by atoms with Crippen LogP contribution in [0.25, 0.3) is 16.4 Å². The van der Waals surface area contributed by atoms with Crippen LogP contribution in [0.1, 0.15) is 18.2 Å². The molecule has 3 heterocycles. The Labute approximate surface area is 195 Å². The predicted molar refractivity (Wildman–Crippen MR) is 131 cm³/mol. The van der Waals surface area contributed by atoms with E-state index in [0.717, 1.165) is 22.0 Å². The molecule has 8 nitrogen and oxygen atoms in total. The van der Waals surface area contributed by atoms with E-state index in [1.54, 1.807) is 35.4 Å². The number of rotatable bonds is 7. The predicted octanol–water partition coefficient (Wildman–Crippen LogP) is 3.90. The van der Waals surface area contributed by atoms with Crippen molar-refractivity contribution in [1.82, 2.24) is 24.7 Å². The van der Waals surface area contributed by atoms with Gasteiger partial charge in [0.15, 0.2) is 0 Å². The SMILES string of the molecule is C=C(/C=C(Cc1ccc2ncc(Cl)cc2c1)\N=C/C)C(=O)NCc1cc2cnc(N)n2cn1. The van der Waals surface area contributed by atoms with E-state index in [9.17, 15) is 4.79 Å². The van der Waals surface area contributed by atoms with E-state index in [1.165, 1.54) is 0 Å². The van der Waals surface area contributed by atoms with Gasteiger partial charge in [0, 0.05) is 35.5 Å². The van der Waals surface area contributed by atoms with Crippen molar-refractivity contribution in [2.45, 2.75) is 19.9 Å². The molecule has 4 rings (SSSR count). The monoisotopic (exact) mass is 459 g/mol. The summed E-state index contributed by atoms with van der Waals surface area (Å²) in [7, 11) is 0. The minimum absolute atomic E-state index is 0.248. The van der Waals surface area contributed by atoms with Crippen molar-refractivity contribution in [3.8, 4) is 0 Å². The molecule has 0 saturated heterocycles. The highest BCUT2D eigenvalue weighted by atomic mass is 35.5. The van der Waals surface area contributed by atoms with E-state index in [1.807, 2.05) is 37.3 Å². The Morgan fingerprint density at radius 1 is 1.24 bits per heavy atom. The highest BCUT2D eigenvalue weighted by Gasteiger charge is 2.09. The van der Waals surface area contributed by atoms with Crippen molar-refractivity contribution in [3.05, 3.63) is 89.3 Å². The molecule has 166 valence electrons. The fraction of sp³-hybridized carbons (Fsp3) is 0.125. The number of halogens is 1. The number of carbonyl (C=O) groups excluding carboxylic acids is 1. The molecule has 33 heavy (non-hydrogen) atoms. The number of anilines is 1. The Morgan fingerprint density at radius 3 is 2.91 bits per heavy atom. The Bertz CT molecular complexity index is 1420. The van der Waals surface area contributed by atoms with Crippen molar-refractivity contribution < 1.29 is 4.79 Å². The van der Waals surface area contributed by atoms with E-state index in [4.69, 9.17) is 17.3 Å². The first kappa shape index (κ1) is 22.2. The third kappa shape index (κ3) is 5.24. The van der Waals surface area contributed by atoms with Crippen molar-refractivity contribution in [2.75, 3.05) is 5.73 Å². The minimum atomic E-state index is -0.303. The van der Waals surface area contributed by atoms with Gasteiger partial charge in [-0.15, -0.1) is 0 Å². The molecular formula is C24H22ClN7O. The van der Waals surface area contributed by atoms with Crippen LogP contribution in [0, 0.1) is 0 Å². The normalized spacial score (nSPS) is 12.0. The summed E-state index contributed by atoms with van der Waals surface area (Å²) < 4.78 is 1.67. The zero-order valence-electron chi connectivity index (χ0n) is 18.0. The maximum atomic E-state index is 12.6. The number of benzene rings is 1. The number of amides is 1. The maximum Gasteiger partial charge on any atom is 0.251 e. The standard InChI is InChI=1S/C24H22ClN7O/c1-3-27-19(8-16-4-5-22-17(7-16)9-18(25)11-28-22)6-15(2)23(33)29-12-20-10-21-13-30-24(26)32(21)14-31-20/h3-7,9-11,13-14H,2,8,12H2,1H3,(H2,26,30)(H,29,33)/b19-6-,27-3-. The average Bonchev–Trinajstić information content (AvgIpc) is 3.17. The number of carbonyl (C=O) groups is 1. The summed E-state index contributed by atoms with van der Waals surface area (Å²) >= 11 is 6.07. The molecule has 0 aliphatic heterocycles. The van der Waals surface area contributed by atoms with Gasteiger partial charge in [0.05, 0.1) is 34.5 Å².